The molecular formula is C11H18N2O. The summed E-state index contributed by atoms with van der Waals surface area (Å²) in [5.74, 6) is 1.87. The van der Waals surface area contributed by atoms with E-state index in [0.717, 1.165) is 24.7 Å². The van der Waals surface area contributed by atoms with Crippen LogP contribution in [0.1, 0.15) is 31.4 Å². The third-order valence-electron chi connectivity index (χ3n) is 2.77. The normalized spacial score (nSPS) is 18.2. The lowest BCUT2D eigenvalue weighted by molar-refractivity contribution is 0.499. The Hall–Kier alpha value is -0.960. The van der Waals surface area contributed by atoms with E-state index in [1.807, 2.05) is 12.1 Å². The van der Waals surface area contributed by atoms with Gasteiger partial charge in [0.15, 0.2) is 5.88 Å². The van der Waals surface area contributed by atoms with E-state index in [-0.39, 0.29) is 0 Å². The molecule has 1 aliphatic heterocycles. The Morgan fingerprint density at radius 2 is 1.86 bits per heavy atom. The zero-order valence-electron chi connectivity index (χ0n) is 8.54. The number of anilines is 1. The molecule has 0 unspecified atom stereocenters. The van der Waals surface area contributed by atoms with Crippen LogP contribution in [0.5, 0.6) is 0 Å². The molecule has 2 heterocycles. The SMILES string of the molecule is NCc1ccc(N2CCCCCC2)o1. The first kappa shape index (κ1) is 9.59. The summed E-state index contributed by atoms with van der Waals surface area (Å²) in [5.41, 5.74) is 5.51. The molecule has 0 saturated carbocycles. The Labute approximate surface area is 84.9 Å². The minimum atomic E-state index is 0.494. The molecule has 1 saturated heterocycles. The number of hydrogen-bond acceptors (Lipinski definition) is 3. The molecule has 0 aliphatic carbocycles. The van der Waals surface area contributed by atoms with Crippen LogP contribution < -0.4 is 10.6 Å². The highest BCUT2D eigenvalue weighted by atomic mass is 16.4. The molecular weight excluding hydrogens is 176 g/mol. The van der Waals surface area contributed by atoms with Gasteiger partial charge in [-0.05, 0) is 18.9 Å². The van der Waals surface area contributed by atoms with Crippen LogP contribution in [-0.2, 0) is 6.54 Å². The van der Waals surface area contributed by atoms with E-state index >= 15 is 0 Å². The standard InChI is InChI=1S/C11H18N2O/c12-9-10-5-6-11(14-10)13-7-3-1-2-4-8-13/h5-6H,1-4,7-9,12H2. The van der Waals surface area contributed by atoms with E-state index in [1.165, 1.54) is 25.7 Å². The highest BCUT2D eigenvalue weighted by Crippen LogP contribution is 2.21. The number of hydrogen-bond donors (Lipinski definition) is 1. The maximum atomic E-state index is 5.63. The topological polar surface area (TPSA) is 42.4 Å². The molecule has 0 aromatic carbocycles. The van der Waals surface area contributed by atoms with Crippen molar-refractivity contribution in [1.29, 1.82) is 0 Å². The van der Waals surface area contributed by atoms with Crippen LogP contribution in [-0.4, -0.2) is 13.1 Å². The molecule has 1 aromatic heterocycles. The molecule has 1 aromatic rings. The van der Waals surface area contributed by atoms with Gasteiger partial charge in [-0.25, -0.2) is 0 Å². The smallest absolute Gasteiger partial charge is 0.195 e. The van der Waals surface area contributed by atoms with Crippen LogP contribution >= 0.6 is 0 Å². The van der Waals surface area contributed by atoms with Gasteiger partial charge in [-0.15, -0.1) is 0 Å². The van der Waals surface area contributed by atoms with Crippen molar-refractivity contribution in [3.8, 4) is 0 Å². The first-order valence-corrected chi connectivity index (χ1v) is 5.44. The molecule has 0 spiro atoms. The zero-order chi connectivity index (χ0) is 9.80. The van der Waals surface area contributed by atoms with Crippen LogP contribution in [0.4, 0.5) is 5.88 Å². The summed E-state index contributed by atoms with van der Waals surface area (Å²) in [5, 5.41) is 0. The van der Waals surface area contributed by atoms with Crippen molar-refractivity contribution in [2.45, 2.75) is 32.2 Å². The highest BCUT2D eigenvalue weighted by molar-refractivity contribution is 5.36. The van der Waals surface area contributed by atoms with E-state index in [9.17, 15) is 0 Å². The average Bonchev–Trinajstić information content (AvgIpc) is 2.53. The predicted molar refractivity (Wildman–Crippen MR) is 57.3 cm³/mol. The second-order valence-electron chi connectivity index (χ2n) is 3.85. The first-order valence-electron chi connectivity index (χ1n) is 5.44. The number of nitrogens with two attached hydrogens (primary N) is 1. The molecule has 0 radical (unpaired) electrons. The third-order valence-corrected chi connectivity index (χ3v) is 2.77. The van der Waals surface area contributed by atoms with Gasteiger partial charge in [0.25, 0.3) is 0 Å². The van der Waals surface area contributed by atoms with Gasteiger partial charge in [0.2, 0.25) is 0 Å². The maximum absolute atomic E-state index is 5.63. The van der Waals surface area contributed by atoms with E-state index < -0.39 is 0 Å². The molecule has 78 valence electrons. The molecule has 14 heavy (non-hydrogen) atoms. The molecule has 1 fully saturated rings. The van der Waals surface area contributed by atoms with Gasteiger partial charge in [-0.3, -0.25) is 0 Å². The molecule has 0 bridgehead atoms. The Balaban J connectivity index is 2.04. The van der Waals surface area contributed by atoms with Crippen molar-refractivity contribution >= 4 is 5.88 Å². The Morgan fingerprint density at radius 1 is 1.14 bits per heavy atom. The van der Waals surface area contributed by atoms with Gasteiger partial charge >= 0.3 is 0 Å². The van der Waals surface area contributed by atoms with Crippen LogP contribution in [0.15, 0.2) is 16.5 Å². The maximum Gasteiger partial charge on any atom is 0.195 e. The Morgan fingerprint density at radius 3 is 2.43 bits per heavy atom. The molecule has 0 atom stereocenters. The first-order chi connectivity index (χ1) is 6.90. The largest absolute Gasteiger partial charge is 0.444 e. The zero-order valence-corrected chi connectivity index (χ0v) is 8.54. The quantitative estimate of drug-likeness (QED) is 0.784. The van der Waals surface area contributed by atoms with Crippen molar-refractivity contribution in [2.24, 2.45) is 5.73 Å². The van der Waals surface area contributed by atoms with Crippen molar-refractivity contribution in [3.63, 3.8) is 0 Å². The van der Waals surface area contributed by atoms with Gasteiger partial charge in [0.1, 0.15) is 5.76 Å². The summed E-state index contributed by atoms with van der Waals surface area (Å²) in [6, 6.07) is 4.01. The van der Waals surface area contributed by atoms with Crippen molar-refractivity contribution in [1.82, 2.24) is 0 Å². The van der Waals surface area contributed by atoms with Crippen LogP contribution in [0.3, 0.4) is 0 Å². The number of rotatable bonds is 2. The average molecular weight is 194 g/mol. The lowest BCUT2D eigenvalue weighted by Gasteiger charge is -2.18. The second-order valence-corrected chi connectivity index (χ2v) is 3.85. The fourth-order valence-corrected chi connectivity index (χ4v) is 1.94. The summed E-state index contributed by atoms with van der Waals surface area (Å²) < 4.78 is 5.63. The molecule has 2 N–H and O–H groups in total. The minimum Gasteiger partial charge on any atom is -0.444 e. The second kappa shape index (κ2) is 4.51. The fraction of sp³-hybridized carbons (Fsp3) is 0.636. The van der Waals surface area contributed by atoms with Gasteiger partial charge < -0.3 is 15.1 Å². The Bertz CT molecular complexity index is 275. The van der Waals surface area contributed by atoms with Crippen molar-refractivity contribution in [2.75, 3.05) is 18.0 Å². The van der Waals surface area contributed by atoms with E-state index in [1.54, 1.807) is 0 Å². The summed E-state index contributed by atoms with van der Waals surface area (Å²) in [7, 11) is 0. The van der Waals surface area contributed by atoms with E-state index in [4.69, 9.17) is 10.2 Å². The minimum absolute atomic E-state index is 0.494. The van der Waals surface area contributed by atoms with Gasteiger partial charge in [0.05, 0.1) is 6.54 Å². The summed E-state index contributed by atoms with van der Waals surface area (Å²) >= 11 is 0. The van der Waals surface area contributed by atoms with Gasteiger partial charge in [-0.2, -0.15) is 0 Å². The Kier molecular flexibility index (Phi) is 3.09. The summed E-state index contributed by atoms with van der Waals surface area (Å²) in [6.07, 6.45) is 5.25. The number of nitrogens with zero attached hydrogens (tertiary/aromatic N) is 1. The highest BCUT2D eigenvalue weighted by Gasteiger charge is 2.12. The van der Waals surface area contributed by atoms with Gasteiger partial charge in [-0.1, -0.05) is 12.8 Å². The third kappa shape index (κ3) is 2.10. The monoisotopic (exact) mass is 194 g/mol. The summed E-state index contributed by atoms with van der Waals surface area (Å²) in [6.45, 7) is 2.74. The molecule has 2 rings (SSSR count). The van der Waals surface area contributed by atoms with Crippen LogP contribution in [0.2, 0.25) is 0 Å². The molecule has 0 amide bonds. The van der Waals surface area contributed by atoms with Crippen molar-refractivity contribution < 1.29 is 4.42 Å². The lowest BCUT2D eigenvalue weighted by atomic mass is 10.2. The van der Waals surface area contributed by atoms with Gasteiger partial charge in [0, 0.05) is 19.2 Å². The summed E-state index contributed by atoms with van der Waals surface area (Å²) in [4.78, 5) is 2.33. The molecule has 3 heteroatoms. The predicted octanol–water partition coefficient (Wildman–Crippen LogP) is 2.12. The number of furan rings is 1. The molecule has 1 aliphatic rings. The van der Waals surface area contributed by atoms with E-state index in [0.29, 0.717) is 6.54 Å². The fourth-order valence-electron chi connectivity index (χ4n) is 1.94. The van der Waals surface area contributed by atoms with Crippen molar-refractivity contribution in [3.05, 3.63) is 17.9 Å². The van der Waals surface area contributed by atoms with E-state index in [2.05, 4.69) is 4.90 Å². The van der Waals surface area contributed by atoms with Crippen LogP contribution in [0, 0.1) is 0 Å². The van der Waals surface area contributed by atoms with Crippen LogP contribution in [0.25, 0.3) is 0 Å². The molecule has 3 nitrogen and oxygen atoms in total. The lowest BCUT2D eigenvalue weighted by Crippen LogP contribution is -2.23.